The lowest BCUT2D eigenvalue weighted by Crippen LogP contribution is -2.23. The summed E-state index contributed by atoms with van der Waals surface area (Å²) in [4.78, 5) is 28.4. The van der Waals surface area contributed by atoms with Crippen molar-refractivity contribution in [3.05, 3.63) is 81.6 Å². The largest absolute Gasteiger partial charge is 0.352 e. The molecule has 144 valence electrons. The van der Waals surface area contributed by atoms with E-state index >= 15 is 0 Å². The van der Waals surface area contributed by atoms with Crippen LogP contribution in [0.4, 0.5) is 9.52 Å². The number of thiazole rings is 1. The van der Waals surface area contributed by atoms with E-state index in [1.807, 2.05) is 12.1 Å². The fourth-order valence-corrected chi connectivity index (χ4v) is 3.25. The van der Waals surface area contributed by atoms with Crippen LogP contribution in [0.15, 0.2) is 53.9 Å². The zero-order chi connectivity index (χ0) is 19.9. The van der Waals surface area contributed by atoms with Gasteiger partial charge in [-0.3, -0.25) is 14.9 Å². The molecule has 2 N–H and O–H groups in total. The second kappa shape index (κ2) is 9.43. The van der Waals surface area contributed by atoms with Crippen molar-refractivity contribution >= 4 is 39.9 Å². The lowest BCUT2D eigenvalue weighted by atomic mass is 10.2. The van der Waals surface area contributed by atoms with Crippen molar-refractivity contribution in [2.75, 3.05) is 5.32 Å². The van der Waals surface area contributed by atoms with E-state index < -0.39 is 5.82 Å². The van der Waals surface area contributed by atoms with E-state index in [-0.39, 0.29) is 11.8 Å². The molecule has 8 heteroatoms. The predicted molar refractivity (Wildman–Crippen MR) is 108 cm³/mol. The summed E-state index contributed by atoms with van der Waals surface area (Å²) in [5, 5.41) is 8.41. The van der Waals surface area contributed by atoms with E-state index in [2.05, 4.69) is 15.6 Å². The maximum atomic E-state index is 12.9. The maximum Gasteiger partial charge on any atom is 0.257 e. The number of carbonyl (C=O) groups excluding carboxylic acids is 2. The van der Waals surface area contributed by atoms with Gasteiger partial charge in [0.25, 0.3) is 5.91 Å². The van der Waals surface area contributed by atoms with Crippen molar-refractivity contribution in [1.29, 1.82) is 0 Å². The average Bonchev–Trinajstić information content (AvgIpc) is 3.13. The lowest BCUT2D eigenvalue weighted by Gasteiger charge is -2.05. The molecule has 0 aliphatic carbocycles. The molecule has 0 radical (unpaired) electrons. The van der Waals surface area contributed by atoms with Crippen molar-refractivity contribution in [3.8, 4) is 0 Å². The fraction of sp³-hybridized carbons (Fsp3) is 0.150. The van der Waals surface area contributed by atoms with Crippen molar-refractivity contribution in [2.24, 2.45) is 0 Å². The van der Waals surface area contributed by atoms with E-state index in [9.17, 15) is 14.0 Å². The van der Waals surface area contributed by atoms with Gasteiger partial charge in [0.05, 0.1) is 5.69 Å². The highest BCUT2D eigenvalue weighted by atomic mass is 35.5. The summed E-state index contributed by atoms with van der Waals surface area (Å²) in [6.07, 6.45) is 0.762. The molecule has 2 aromatic carbocycles. The summed E-state index contributed by atoms with van der Waals surface area (Å²) < 4.78 is 12.9. The fourth-order valence-electron chi connectivity index (χ4n) is 2.38. The van der Waals surface area contributed by atoms with Crippen LogP contribution in [-0.2, 0) is 17.8 Å². The Labute approximate surface area is 170 Å². The number of amides is 2. The molecule has 0 atom stereocenters. The second-order valence-corrected chi connectivity index (χ2v) is 7.30. The Morgan fingerprint density at radius 1 is 1.07 bits per heavy atom. The monoisotopic (exact) mass is 417 g/mol. The number of benzene rings is 2. The Balaban J connectivity index is 1.45. The van der Waals surface area contributed by atoms with Gasteiger partial charge in [0.1, 0.15) is 5.82 Å². The summed E-state index contributed by atoms with van der Waals surface area (Å²) in [6, 6.07) is 12.5. The number of hydrogen-bond acceptors (Lipinski definition) is 4. The zero-order valence-electron chi connectivity index (χ0n) is 14.7. The van der Waals surface area contributed by atoms with E-state index in [1.54, 1.807) is 17.5 Å². The van der Waals surface area contributed by atoms with Crippen LogP contribution < -0.4 is 10.6 Å². The maximum absolute atomic E-state index is 12.9. The first kappa shape index (κ1) is 20.0. The van der Waals surface area contributed by atoms with Gasteiger partial charge >= 0.3 is 0 Å². The van der Waals surface area contributed by atoms with Crippen LogP contribution in [0, 0.1) is 5.82 Å². The van der Waals surface area contributed by atoms with E-state index in [0.717, 1.165) is 11.3 Å². The standard InChI is InChI=1S/C20H17ClFN3O2S/c21-15-5-1-13(2-6-15)11-23-18(26)10-9-17-12-28-20(24-17)25-19(27)14-3-7-16(22)8-4-14/h1-8,12H,9-11H2,(H,23,26)(H,24,25,27). The number of halogens is 2. The van der Waals surface area contributed by atoms with Gasteiger partial charge in [0, 0.05) is 28.9 Å². The lowest BCUT2D eigenvalue weighted by molar-refractivity contribution is -0.121. The minimum atomic E-state index is -0.401. The first-order chi connectivity index (χ1) is 13.5. The number of nitrogens with zero attached hydrogens (tertiary/aromatic N) is 1. The van der Waals surface area contributed by atoms with Crippen LogP contribution in [0.3, 0.4) is 0 Å². The molecule has 28 heavy (non-hydrogen) atoms. The predicted octanol–water partition coefficient (Wildman–Crippen LogP) is 4.44. The number of aromatic nitrogens is 1. The molecule has 1 aromatic heterocycles. The Hall–Kier alpha value is -2.77. The zero-order valence-corrected chi connectivity index (χ0v) is 16.3. The van der Waals surface area contributed by atoms with E-state index in [1.165, 1.54) is 35.6 Å². The molecule has 0 spiro atoms. The second-order valence-electron chi connectivity index (χ2n) is 6.01. The number of carbonyl (C=O) groups is 2. The number of nitrogens with one attached hydrogen (secondary N) is 2. The highest BCUT2D eigenvalue weighted by Gasteiger charge is 2.10. The Morgan fingerprint density at radius 3 is 2.50 bits per heavy atom. The third-order valence-electron chi connectivity index (χ3n) is 3.89. The SMILES string of the molecule is O=C(CCc1csc(NC(=O)c2ccc(F)cc2)n1)NCc1ccc(Cl)cc1. The van der Waals surface area contributed by atoms with Gasteiger partial charge < -0.3 is 5.32 Å². The van der Waals surface area contributed by atoms with Gasteiger partial charge in [0.2, 0.25) is 5.91 Å². The molecule has 0 aliphatic rings. The van der Waals surface area contributed by atoms with Crippen LogP contribution in [0.5, 0.6) is 0 Å². The molecule has 5 nitrogen and oxygen atoms in total. The molecule has 1 heterocycles. The van der Waals surface area contributed by atoms with E-state index in [4.69, 9.17) is 11.6 Å². The molecule has 0 unspecified atom stereocenters. The molecular weight excluding hydrogens is 401 g/mol. The van der Waals surface area contributed by atoms with Crippen LogP contribution in [0.25, 0.3) is 0 Å². The van der Waals surface area contributed by atoms with Gasteiger partial charge in [-0.25, -0.2) is 9.37 Å². The van der Waals surface area contributed by atoms with Gasteiger partial charge in [-0.1, -0.05) is 23.7 Å². The molecule has 3 aromatic rings. The third kappa shape index (κ3) is 5.87. The molecule has 0 aliphatic heterocycles. The first-order valence-corrected chi connectivity index (χ1v) is 9.78. The Kier molecular flexibility index (Phi) is 6.73. The molecule has 0 saturated heterocycles. The van der Waals surface area contributed by atoms with Crippen LogP contribution >= 0.6 is 22.9 Å². The summed E-state index contributed by atoms with van der Waals surface area (Å²) in [5.41, 5.74) is 2.04. The molecule has 3 rings (SSSR count). The topological polar surface area (TPSA) is 71.1 Å². The quantitative estimate of drug-likeness (QED) is 0.597. The highest BCUT2D eigenvalue weighted by molar-refractivity contribution is 7.14. The number of aryl methyl sites for hydroxylation is 1. The number of rotatable bonds is 7. The van der Waals surface area contributed by atoms with Gasteiger partial charge in [-0.15, -0.1) is 11.3 Å². The molecule has 2 amide bonds. The van der Waals surface area contributed by atoms with Gasteiger partial charge in [0.15, 0.2) is 5.13 Å². The molecule has 0 fully saturated rings. The van der Waals surface area contributed by atoms with E-state index in [0.29, 0.717) is 35.1 Å². The van der Waals surface area contributed by atoms with Crippen molar-refractivity contribution in [1.82, 2.24) is 10.3 Å². The summed E-state index contributed by atoms with van der Waals surface area (Å²) >= 11 is 7.11. The highest BCUT2D eigenvalue weighted by Crippen LogP contribution is 2.18. The normalized spacial score (nSPS) is 10.5. The Bertz CT molecular complexity index is 958. The number of hydrogen-bond donors (Lipinski definition) is 2. The molecular formula is C20H17ClFN3O2S. The smallest absolute Gasteiger partial charge is 0.257 e. The molecule has 0 saturated carbocycles. The van der Waals surface area contributed by atoms with Crippen LogP contribution in [0.2, 0.25) is 5.02 Å². The number of anilines is 1. The minimum Gasteiger partial charge on any atom is -0.352 e. The Morgan fingerprint density at radius 2 is 1.79 bits per heavy atom. The summed E-state index contributed by atoms with van der Waals surface area (Å²) in [7, 11) is 0. The first-order valence-electron chi connectivity index (χ1n) is 8.52. The van der Waals surface area contributed by atoms with Crippen molar-refractivity contribution < 1.29 is 14.0 Å². The van der Waals surface area contributed by atoms with Gasteiger partial charge in [-0.05, 0) is 48.4 Å². The molecule has 0 bridgehead atoms. The van der Waals surface area contributed by atoms with Gasteiger partial charge in [-0.2, -0.15) is 0 Å². The third-order valence-corrected chi connectivity index (χ3v) is 4.95. The summed E-state index contributed by atoms with van der Waals surface area (Å²) in [6.45, 7) is 0.437. The van der Waals surface area contributed by atoms with Crippen molar-refractivity contribution in [3.63, 3.8) is 0 Å². The van der Waals surface area contributed by atoms with Crippen LogP contribution in [-0.4, -0.2) is 16.8 Å². The van der Waals surface area contributed by atoms with Crippen LogP contribution in [0.1, 0.15) is 28.0 Å². The van der Waals surface area contributed by atoms with Crippen molar-refractivity contribution in [2.45, 2.75) is 19.4 Å². The average molecular weight is 418 g/mol. The summed E-state index contributed by atoms with van der Waals surface area (Å²) in [5.74, 6) is -0.844. The minimum absolute atomic E-state index is 0.0835.